The third-order valence-electron chi connectivity index (χ3n) is 5.11. The number of benzene rings is 3. The minimum absolute atomic E-state index is 1.12. The van der Waals surface area contributed by atoms with Gasteiger partial charge in [0.25, 0.3) is 0 Å². The maximum Gasteiger partial charge on any atom is 0.0982 e. The van der Waals surface area contributed by atoms with Crippen LogP contribution in [0.3, 0.4) is 0 Å². The number of thiophene rings is 1. The van der Waals surface area contributed by atoms with Crippen molar-refractivity contribution in [3.05, 3.63) is 91.7 Å². The van der Waals surface area contributed by atoms with Crippen LogP contribution in [0, 0.1) is 0 Å². The van der Waals surface area contributed by atoms with Gasteiger partial charge in [-0.25, -0.2) is 0 Å². The monoisotopic (exact) mass is 365 g/mol. The zero-order chi connectivity index (χ0) is 17.8. The summed E-state index contributed by atoms with van der Waals surface area (Å²) in [6.07, 6.45) is 7.96. The van der Waals surface area contributed by atoms with Gasteiger partial charge in [-0.15, -0.1) is 11.3 Å². The SMILES string of the molecule is c1ccc2sc(-c3ccc4cn(-c5ccc6cocc6c5)cc4c3)cc2c1. The van der Waals surface area contributed by atoms with E-state index in [2.05, 4.69) is 83.7 Å². The number of fused-ring (bicyclic) bond motifs is 3. The first-order chi connectivity index (χ1) is 13.3. The second-order valence-corrected chi connectivity index (χ2v) is 7.93. The molecule has 0 aliphatic heterocycles. The average Bonchev–Trinajstić information content (AvgIpc) is 3.42. The topological polar surface area (TPSA) is 18.1 Å². The molecule has 128 valence electrons. The molecule has 3 aromatic heterocycles. The molecule has 0 saturated carbocycles. The molecule has 0 spiro atoms. The Morgan fingerprint density at radius 3 is 2.48 bits per heavy atom. The molecule has 27 heavy (non-hydrogen) atoms. The molecule has 0 aliphatic rings. The fourth-order valence-electron chi connectivity index (χ4n) is 3.68. The van der Waals surface area contributed by atoms with Crippen LogP contribution in [-0.4, -0.2) is 4.57 Å². The van der Waals surface area contributed by atoms with E-state index in [4.69, 9.17) is 4.42 Å². The maximum absolute atomic E-state index is 5.30. The molecule has 6 rings (SSSR count). The third-order valence-corrected chi connectivity index (χ3v) is 6.28. The van der Waals surface area contributed by atoms with Crippen LogP contribution >= 0.6 is 11.3 Å². The number of hydrogen-bond acceptors (Lipinski definition) is 2. The third kappa shape index (κ3) is 2.40. The molecule has 3 heteroatoms. The lowest BCUT2D eigenvalue weighted by atomic mass is 10.1. The van der Waals surface area contributed by atoms with Crippen molar-refractivity contribution in [2.75, 3.05) is 0 Å². The largest absolute Gasteiger partial charge is 0.471 e. The standard InChI is InChI=1S/C24H15NOS/c1-2-4-23-16(3-1)11-24(27-23)17-5-6-18-12-25(13-20(18)9-17)22-8-7-19-14-26-15-21(19)10-22/h1-15H. The molecule has 2 nitrogen and oxygen atoms in total. The lowest BCUT2D eigenvalue weighted by molar-refractivity contribution is 0.572. The molecule has 0 bridgehead atoms. The Labute approximate surface area is 159 Å². The van der Waals surface area contributed by atoms with Crippen LogP contribution in [0.15, 0.2) is 96.1 Å². The molecule has 0 radical (unpaired) electrons. The molecule has 0 atom stereocenters. The summed E-state index contributed by atoms with van der Waals surface area (Å²) < 4.78 is 8.81. The summed E-state index contributed by atoms with van der Waals surface area (Å²) >= 11 is 1.85. The second kappa shape index (κ2) is 5.60. The van der Waals surface area contributed by atoms with Gasteiger partial charge in [0.15, 0.2) is 0 Å². The molecule has 0 unspecified atom stereocenters. The first kappa shape index (κ1) is 14.8. The highest BCUT2D eigenvalue weighted by Crippen LogP contribution is 2.35. The number of furan rings is 1. The van der Waals surface area contributed by atoms with Crippen molar-refractivity contribution in [3.8, 4) is 16.1 Å². The smallest absolute Gasteiger partial charge is 0.0982 e. The maximum atomic E-state index is 5.30. The zero-order valence-electron chi connectivity index (χ0n) is 14.4. The van der Waals surface area contributed by atoms with Crippen LogP contribution < -0.4 is 0 Å². The van der Waals surface area contributed by atoms with Crippen LogP contribution in [0.25, 0.3) is 47.8 Å². The van der Waals surface area contributed by atoms with Gasteiger partial charge in [-0.1, -0.05) is 30.3 Å². The van der Waals surface area contributed by atoms with Crippen molar-refractivity contribution >= 4 is 43.0 Å². The van der Waals surface area contributed by atoms with Gasteiger partial charge in [0.1, 0.15) is 0 Å². The van der Waals surface area contributed by atoms with E-state index in [-0.39, 0.29) is 0 Å². The highest BCUT2D eigenvalue weighted by Gasteiger charge is 2.07. The van der Waals surface area contributed by atoms with Gasteiger partial charge in [0.05, 0.1) is 12.5 Å². The molecule has 0 aliphatic carbocycles. The zero-order valence-corrected chi connectivity index (χ0v) is 15.2. The predicted molar refractivity (Wildman–Crippen MR) is 114 cm³/mol. The molecular weight excluding hydrogens is 350 g/mol. The van der Waals surface area contributed by atoms with Gasteiger partial charge in [-0.3, -0.25) is 0 Å². The fraction of sp³-hybridized carbons (Fsp3) is 0. The van der Waals surface area contributed by atoms with E-state index >= 15 is 0 Å². The van der Waals surface area contributed by atoms with Crippen molar-refractivity contribution in [2.45, 2.75) is 0 Å². The number of rotatable bonds is 2. The Kier molecular flexibility index (Phi) is 3.07. The molecule has 6 aromatic rings. The Balaban J connectivity index is 1.46. The van der Waals surface area contributed by atoms with Gasteiger partial charge in [0.2, 0.25) is 0 Å². The van der Waals surface area contributed by atoms with Crippen LogP contribution in [0.5, 0.6) is 0 Å². The Morgan fingerprint density at radius 2 is 1.52 bits per heavy atom. The summed E-state index contributed by atoms with van der Waals surface area (Å²) in [6.45, 7) is 0. The van der Waals surface area contributed by atoms with Crippen LogP contribution in [0.4, 0.5) is 0 Å². The minimum atomic E-state index is 1.12. The van der Waals surface area contributed by atoms with Crippen LogP contribution in [0.1, 0.15) is 0 Å². The summed E-state index contributed by atoms with van der Waals surface area (Å²) in [5, 5.41) is 6.05. The van der Waals surface area contributed by atoms with Gasteiger partial charge >= 0.3 is 0 Å². The second-order valence-electron chi connectivity index (χ2n) is 6.84. The highest BCUT2D eigenvalue weighted by molar-refractivity contribution is 7.22. The minimum Gasteiger partial charge on any atom is -0.471 e. The van der Waals surface area contributed by atoms with Crippen molar-refractivity contribution < 1.29 is 4.42 Å². The van der Waals surface area contributed by atoms with Gasteiger partial charge in [0, 0.05) is 43.8 Å². The van der Waals surface area contributed by atoms with E-state index in [0.29, 0.717) is 0 Å². The quantitative estimate of drug-likeness (QED) is 0.316. The van der Waals surface area contributed by atoms with E-state index in [1.165, 1.54) is 31.3 Å². The Morgan fingerprint density at radius 1 is 0.667 bits per heavy atom. The predicted octanol–water partition coefficient (Wildman–Crippen LogP) is 7.26. The van der Waals surface area contributed by atoms with E-state index in [1.54, 1.807) is 12.5 Å². The fourth-order valence-corrected chi connectivity index (χ4v) is 4.74. The molecule has 3 aromatic carbocycles. The lowest BCUT2D eigenvalue weighted by Crippen LogP contribution is -1.87. The summed E-state index contributed by atoms with van der Waals surface area (Å²) in [6, 6.07) is 23.9. The van der Waals surface area contributed by atoms with Crippen molar-refractivity contribution in [2.24, 2.45) is 0 Å². The van der Waals surface area contributed by atoms with E-state index in [1.807, 2.05) is 11.3 Å². The van der Waals surface area contributed by atoms with Gasteiger partial charge in [-0.2, -0.15) is 0 Å². The number of aromatic nitrogens is 1. The summed E-state index contributed by atoms with van der Waals surface area (Å²) in [7, 11) is 0. The highest BCUT2D eigenvalue weighted by atomic mass is 32.1. The van der Waals surface area contributed by atoms with Gasteiger partial charge in [-0.05, 0) is 52.7 Å². The molecule has 3 heterocycles. The first-order valence-corrected chi connectivity index (χ1v) is 9.72. The lowest BCUT2D eigenvalue weighted by Gasteiger charge is -2.01. The Bertz CT molecular complexity index is 1400. The van der Waals surface area contributed by atoms with Crippen LogP contribution in [0.2, 0.25) is 0 Å². The number of nitrogens with zero attached hydrogens (tertiary/aromatic N) is 1. The molecule has 0 amide bonds. The molecule has 0 N–H and O–H groups in total. The Hall–Kier alpha value is -3.30. The first-order valence-electron chi connectivity index (χ1n) is 8.91. The van der Waals surface area contributed by atoms with E-state index < -0.39 is 0 Å². The summed E-state index contributed by atoms with van der Waals surface area (Å²) in [5.41, 5.74) is 2.41. The van der Waals surface area contributed by atoms with Crippen LogP contribution in [-0.2, 0) is 0 Å². The van der Waals surface area contributed by atoms with Crippen molar-refractivity contribution in [3.63, 3.8) is 0 Å². The molecule has 0 saturated heterocycles. The van der Waals surface area contributed by atoms with E-state index in [9.17, 15) is 0 Å². The van der Waals surface area contributed by atoms with Crippen molar-refractivity contribution in [1.29, 1.82) is 0 Å². The number of hydrogen-bond donors (Lipinski definition) is 0. The molecule has 0 fully saturated rings. The van der Waals surface area contributed by atoms with Crippen molar-refractivity contribution in [1.82, 2.24) is 4.57 Å². The summed E-state index contributed by atoms with van der Waals surface area (Å²) in [4.78, 5) is 1.31. The molecular formula is C24H15NOS. The average molecular weight is 365 g/mol. The van der Waals surface area contributed by atoms with Gasteiger partial charge < -0.3 is 8.98 Å². The normalized spacial score (nSPS) is 11.7. The van der Waals surface area contributed by atoms with E-state index in [0.717, 1.165) is 16.5 Å². The summed E-state index contributed by atoms with van der Waals surface area (Å²) in [5.74, 6) is 0.